The van der Waals surface area contributed by atoms with Crippen LogP contribution in [0.3, 0.4) is 0 Å². The van der Waals surface area contributed by atoms with Crippen molar-refractivity contribution in [2.45, 2.75) is 0 Å². The average molecular weight is 173 g/mol. The molecule has 6 heteroatoms. The van der Waals surface area contributed by atoms with Gasteiger partial charge >= 0.3 is 5.00 Å². The lowest BCUT2D eigenvalue weighted by Crippen LogP contribution is -1.88. The molecule has 0 atom stereocenters. The van der Waals surface area contributed by atoms with Gasteiger partial charge in [-0.1, -0.05) is 11.3 Å². The largest absolute Gasteiger partial charge is 0.506 e. The number of carbonyl (C=O) groups excluding carboxylic acids is 1. The normalized spacial score (nSPS) is 9.45. The standard InChI is InChI=1S/C5H3NO4S/c7-1-3-4(8)2-11-5(3)6(9)10/h1-2,8H. The molecule has 0 aromatic carbocycles. The van der Waals surface area contributed by atoms with Crippen LogP contribution in [-0.4, -0.2) is 16.3 Å². The first-order valence-corrected chi connectivity index (χ1v) is 3.44. The maximum Gasteiger partial charge on any atom is 0.338 e. The van der Waals surface area contributed by atoms with Crippen molar-refractivity contribution in [2.24, 2.45) is 0 Å². The molecule has 1 rings (SSSR count). The highest BCUT2D eigenvalue weighted by Gasteiger charge is 2.19. The van der Waals surface area contributed by atoms with E-state index in [1.165, 1.54) is 0 Å². The lowest BCUT2D eigenvalue weighted by molar-refractivity contribution is -0.380. The van der Waals surface area contributed by atoms with Crippen LogP contribution in [0, 0.1) is 10.1 Å². The monoisotopic (exact) mass is 173 g/mol. The summed E-state index contributed by atoms with van der Waals surface area (Å²) in [5.74, 6) is -0.336. The fourth-order valence-electron chi connectivity index (χ4n) is 0.600. The van der Waals surface area contributed by atoms with E-state index in [1.54, 1.807) is 0 Å². The molecule has 5 nitrogen and oxygen atoms in total. The third-order valence-electron chi connectivity index (χ3n) is 1.07. The minimum absolute atomic E-state index is 0.250. The summed E-state index contributed by atoms with van der Waals surface area (Å²) in [7, 11) is 0. The van der Waals surface area contributed by atoms with E-state index in [-0.39, 0.29) is 22.6 Å². The Bertz CT molecular complexity index is 305. The topological polar surface area (TPSA) is 80.4 Å². The van der Waals surface area contributed by atoms with Crippen molar-refractivity contribution in [3.8, 4) is 5.75 Å². The van der Waals surface area contributed by atoms with Gasteiger partial charge in [-0.3, -0.25) is 14.9 Å². The van der Waals surface area contributed by atoms with Gasteiger partial charge in [0.25, 0.3) is 0 Å². The fourth-order valence-corrected chi connectivity index (χ4v) is 1.32. The third kappa shape index (κ3) is 1.20. The number of rotatable bonds is 2. The predicted molar refractivity (Wildman–Crippen MR) is 38.0 cm³/mol. The van der Waals surface area contributed by atoms with Gasteiger partial charge < -0.3 is 5.11 Å². The van der Waals surface area contributed by atoms with Crippen LogP contribution in [0.25, 0.3) is 0 Å². The highest BCUT2D eigenvalue weighted by Crippen LogP contribution is 2.32. The Morgan fingerprint density at radius 3 is 2.73 bits per heavy atom. The number of thiophene rings is 1. The van der Waals surface area contributed by atoms with E-state index in [9.17, 15) is 14.9 Å². The Balaban J connectivity index is 3.26. The van der Waals surface area contributed by atoms with E-state index >= 15 is 0 Å². The average Bonchev–Trinajstić information content (AvgIpc) is 2.30. The highest BCUT2D eigenvalue weighted by molar-refractivity contribution is 7.14. The first-order chi connectivity index (χ1) is 5.16. The summed E-state index contributed by atoms with van der Waals surface area (Å²) in [5.41, 5.74) is -0.250. The maximum atomic E-state index is 10.2. The molecule has 0 aliphatic carbocycles. The molecule has 11 heavy (non-hydrogen) atoms. The molecule has 1 aromatic rings. The van der Waals surface area contributed by atoms with Gasteiger partial charge in [-0.25, -0.2) is 0 Å². The van der Waals surface area contributed by atoms with Crippen LogP contribution in [0.1, 0.15) is 10.4 Å². The van der Waals surface area contributed by atoms with Crippen LogP contribution in [0.5, 0.6) is 5.75 Å². The molecule has 0 aliphatic heterocycles. The molecule has 0 bridgehead atoms. The molecule has 0 saturated carbocycles. The van der Waals surface area contributed by atoms with E-state index in [4.69, 9.17) is 5.11 Å². The van der Waals surface area contributed by atoms with Crippen LogP contribution >= 0.6 is 11.3 Å². The van der Waals surface area contributed by atoms with Crippen molar-refractivity contribution in [3.63, 3.8) is 0 Å². The number of aromatic hydroxyl groups is 1. The van der Waals surface area contributed by atoms with Gasteiger partial charge in [0.2, 0.25) is 0 Å². The fraction of sp³-hybridized carbons (Fsp3) is 0. The molecule has 0 saturated heterocycles. The number of nitro groups is 1. The Labute approximate surface area is 65.0 Å². The van der Waals surface area contributed by atoms with Gasteiger partial charge in [0.1, 0.15) is 11.3 Å². The lowest BCUT2D eigenvalue weighted by Gasteiger charge is -1.85. The molecule has 58 valence electrons. The Morgan fingerprint density at radius 1 is 1.73 bits per heavy atom. The van der Waals surface area contributed by atoms with Crippen molar-refractivity contribution in [3.05, 3.63) is 21.1 Å². The molecule has 0 amide bonds. The summed E-state index contributed by atoms with van der Waals surface area (Å²) in [5, 5.41) is 19.8. The number of hydrogen-bond acceptors (Lipinski definition) is 5. The number of hydrogen-bond donors (Lipinski definition) is 1. The molecule has 1 aromatic heterocycles. The number of aldehydes is 1. The molecule has 0 fully saturated rings. The van der Waals surface area contributed by atoms with E-state index in [0.29, 0.717) is 0 Å². The zero-order chi connectivity index (χ0) is 8.43. The third-order valence-corrected chi connectivity index (χ3v) is 2.01. The van der Waals surface area contributed by atoms with E-state index in [2.05, 4.69) is 0 Å². The molecule has 1 heterocycles. The zero-order valence-corrected chi connectivity index (χ0v) is 6.00. The molecule has 0 spiro atoms. The summed E-state index contributed by atoms with van der Waals surface area (Å²) >= 11 is 0.729. The van der Waals surface area contributed by atoms with Crippen molar-refractivity contribution in [2.75, 3.05) is 0 Å². The Morgan fingerprint density at radius 2 is 2.36 bits per heavy atom. The van der Waals surface area contributed by atoms with Gasteiger partial charge in [-0.2, -0.15) is 0 Å². The first kappa shape index (κ1) is 7.67. The van der Waals surface area contributed by atoms with Gasteiger partial charge in [-0.15, -0.1) is 0 Å². The smallest absolute Gasteiger partial charge is 0.338 e. The second-order valence-electron chi connectivity index (χ2n) is 1.71. The maximum absolute atomic E-state index is 10.2. The van der Waals surface area contributed by atoms with Gasteiger partial charge in [-0.05, 0) is 0 Å². The van der Waals surface area contributed by atoms with Crippen molar-refractivity contribution < 1.29 is 14.8 Å². The SMILES string of the molecule is O=Cc1c(O)csc1[N+](=O)[O-]. The Kier molecular flexibility index (Phi) is 1.86. The molecule has 0 aliphatic rings. The minimum atomic E-state index is -0.700. The highest BCUT2D eigenvalue weighted by atomic mass is 32.1. The summed E-state index contributed by atoms with van der Waals surface area (Å²) in [6.45, 7) is 0. The van der Waals surface area contributed by atoms with Crippen LogP contribution < -0.4 is 0 Å². The van der Waals surface area contributed by atoms with Gasteiger partial charge in [0.05, 0.1) is 4.92 Å². The van der Waals surface area contributed by atoms with Crippen LogP contribution in [0.2, 0.25) is 0 Å². The second-order valence-corrected chi connectivity index (χ2v) is 2.57. The van der Waals surface area contributed by atoms with Crippen LogP contribution in [0.15, 0.2) is 5.38 Å². The summed E-state index contributed by atoms with van der Waals surface area (Å²) in [6.07, 6.45) is 0.268. The number of nitrogens with zero attached hydrogens (tertiary/aromatic N) is 1. The van der Waals surface area contributed by atoms with Crippen LogP contribution in [0.4, 0.5) is 5.00 Å². The molecule has 0 radical (unpaired) electrons. The van der Waals surface area contributed by atoms with Crippen molar-refractivity contribution in [1.29, 1.82) is 0 Å². The second kappa shape index (κ2) is 2.67. The quantitative estimate of drug-likeness (QED) is 0.413. The zero-order valence-electron chi connectivity index (χ0n) is 5.18. The van der Waals surface area contributed by atoms with Crippen molar-refractivity contribution >= 4 is 22.6 Å². The van der Waals surface area contributed by atoms with Gasteiger partial charge in [0, 0.05) is 5.38 Å². The predicted octanol–water partition coefficient (Wildman–Crippen LogP) is 1.17. The summed E-state index contributed by atoms with van der Waals surface area (Å²) in [4.78, 5) is 19.6. The van der Waals surface area contributed by atoms with Gasteiger partial charge in [0.15, 0.2) is 6.29 Å². The van der Waals surface area contributed by atoms with E-state index < -0.39 is 4.92 Å². The summed E-state index contributed by atoms with van der Waals surface area (Å²) in [6, 6.07) is 0. The van der Waals surface area contributed by atoms with E-state index in [1.807, 2.05) is 0 Å². The van der Waals surface area contributed by atoms with E-state index in [0.717, 1.165) is 16.7 Å². The van der Waals surface area contributed by atoms with Crippen LogP contribution in [-0.2, 0) is 0 Å². The lowest BCUT2D eigenvalue weighted by atomic mass is 10.3. The molecular weight excluding hydrogens is 170 g/mol. The Hall–Kier alpha value is -1.43. The molecular formula is C5H3NO4S. The summed E-state index contributed by atoms with van der Waals surface area (Å²) < 4.78 is 0. The molecule has 1 N–H and O–H groups in total. The molecule has 0 unspecified atom stereocenters. The number of carbonyl (C=O) groups is 1. The minimum Gasteiger partial charge on any atom is -0.506 e. The first-order valence-electron chi connectivity index (χ1n) is 2.57. The van der Waals surface area contributed by atoms with Crippen molar-refractivity contribution in [1.82, 2.24) is 0 Å².